The predicted octanol–water partition coefficient (Wildman–Crippen LogP) is 6.16. The summed E-state index contributed by atoms with van der Waals surface area (Å²) < 4.78 is 43.4. The summed E-state index contributed by atoms with van der Waals surface area (Å²) in [6.45, 7) is 9.60. The Morgan fingerprint density at radius 3 is 2.61 bits per heavy atom. The summed E-state index contributed by atoms with van der Waals surface area (Å²) >= 11 is 0. The molecule has 0 unspecified atom stereocenters. The number of amides is 1. The van der Waals surface area contributed by atoms with Crippen LogP contribution in [0.2, 0.25) is 0 Å². The van der Waals surface area contributed by atoms with Gasteiger partial charge in [-0.2, -0.15) is 13.2 Å². The van der Waals surface area contributed by atoms with Gasteiger partial charge in [0.25, 0.3) is 0 Å². The molecule has 1 spiro atoms. The van der Waals surface area contributed by atoms with Crippen LogP contribution in [0.25, 0.3) is 0 Å². The largest absolute Gasteiger partial charge is 0.389 e. The highest BCUT2D eigenvalue weighted by atomic mass is 19.4. The van der Waals surface area contributed by atoms with Crippen LogP contribution in [-0.2, 0) is 14.9 Å². The van der Waals surface area contributed by atoms with Crippen LogP contribution in [0.4, 0.5) is 18.9 Å². The first-order valence-electron chi connectivity index (χ1n) is 12.7. The van der Waals surface area contributed by atoms with Crippen LogP contribution in [0, 0.1) is 0 Å². The van der Waals surface area contributed by atoms with E-state index in [2.05, 4.69) is 18.4 Å². The number of carbonyl (C=O) groups is 1. The highest BCUT2D eigenvalue weighted by molar-refractivity contribution is 6.12. The van der Waals surface area contributed by atoms with Crippen molar-refractivity contribution < 1.29 is 22.7 Å². The zero-order valence-corrected chi connectivity index (χ0v) is 21.5. The van der Waals surface area contributed by atoms with Crippen LogP contribution in [0.3, 0.4) is 0 Å². The lowest BCUT2D eigenvalue weighted by Gasteiger charge is -2.49. The molecular weight excluding hydrogens is 467 g/mol. The molecule has 8 heteroatoms. The number of carbonyl (C=O) groups excluding carboxylic acids is 1. The van der Waals surface area contributed by atoms with Gasteiger partial charge in [0, 0.05) is 50.1 Å². The summed E-state index contributed by atoms with van der Waals surface area (Å²) in [5.74, 6) is 0.0516. The number of fused-ring (bicyclic) bond motifs is 2. The lowest BCUT2D eigenvalue weighted by Crippen LogP contribution is -2.66. The molecule has 196 valence electrons. The van der Waals surface area contributed by atoms with Gasteiger partial charge in [-0.1, -0.05) is 35.9 Å². The highest BCUT2D eigenvalue weighted by Gasteiger charge is 2.58. The average molecular weight is 504 g/mol. The number of anilines is 1. The number of hydrogen-bond acceptors (Lipinski definition) is 4. The lowest BCUT2D eigenvalue weighted by atomic mass is 9.74. The zero-order valence-electron chi connectivity index (χ0n) is 21.5. The first-order valence-corrected chi connectivity index (χ1v) is 12.7. The molecule has 1 fully saturated rings. The van der Waals surface area contributed by atoms with E-state index in [-0.39, 0.29) is 25.0 Å². The standard InChI is InChI=1S/C28H36F3N3O2/c1-19(9-8-14-28(29,30)31)15-22(32-24-12-7-10-20(24)2)16-34-25-13-6-5-11-23(25)27(26(34)35)17-33(18-27)21(3)36-4/h5-6,11,13,21H,1,7-10,12,14-18H2,2-4H3/b32-22+/t21-/m0/s1. The smallest absolute Gasteiger partial charge is 0.367 e. The maximum Gasteiger partial charge on any atom is 0.389 e. The maximum atomic E-state index is 13.9. The Bertz CT molecular complexity index is 1070. The molecule has 1 aromatic rings. The molecule has 0 bridgehead atoms. The zero-order chi connectivity index (χ0) is 26.1. The molecule has 0 saturated carbocycles. The molecule has 4 rings (SSSR count). The normalized spacial score (nSPS) is 20.8. The molecule has 5 nitrogen and oxygen atoms in total. The summed E-state index contributed by atoms with van der Waals surface area (Å²) in [5.41, 5.74) is 5.08. The fourth-order valence-electron chi connectivity index (χ4n) is 5.56. The minimum absolute atomic E-state index is 0.0133. The van der Waals surface area contributed by atoms with E-state index in [9.17, 15) is 18.0 Å². The van der Waals surface area contributed by atoms with Crippen LogP contribution in [-0.4, -0.2) is 55.7 Å². The summed E-state index contributed by atoms with van der Waals surface area (Å²) in [4.78, 5) is 22.8. The number of methoxy groups -OCH3 is 1. The molecule has 2 heterocycles. The van der Waals surface area contributed by atoms with Gasteiger partial charge < -0.3 is 9.64 Å². The number of hydrogen-bond donors (Lipinski definition) is 0. The molecule has 0 radical (unpaired) electrons. The lowest BCUT2D eigenvalue weighted by molar-refractivity contribution is -0.139. The summed E-state index contributed by atoms with van der Waals surface area (Å²) in [6, 6.07) is 7.89. The van der Waals surface area contributed by atoms with E-state index in [1.807, 2.05) is 36.1 Å². The van der Waals surface area contributed by atoms with Gasteiger partial charge in [-0.05, 0) is 57.6 Å². The fourth-order valence-corrected chi connectivity index (χ4v) is 5.56. The molecule has 3 aliphatic rings. The van der Waals surface area contributed by atoms with Crippen molar-refractivity contribution in [1.29, 1.82) is 0 Å². The maximum absolute atomic E-state index is 13.9. The van der Waals surface area contributed by atoms with E-state index in [1.54, 1.807) is 7.11 Å². The van der Waals surface area contributed by atoms with Crippen molar-refractivity contribution in [3.63, 3.8) is 0 Å². The Labute approximate surface area is 211 Å². The first-order chi connectivity index (χ1) is 17.0. The Hall–Kier alpha value is -2.45. The number of ether oxygens (including phenoxy) is 1. The van der Waals surface area contributed by atoms with Crippen molar-refractivity contribution in [3.05, 3.63) is 53.3 Å². The second-order valence-electron chi connectivity index (χ2n) is 10.4. The minimum Gasteiger partial charge on any atom is -0.367 e. The van der Waals surface area contributed by atoms with E-state index in [0.29, 0.717) is 31.6 Å². The van der Waals surface area contributed by atoms with E-state index in [1.165, 1.54) is 5.57 Å². The average Bonchev–Trinajstić information content (AvgIpc) is 3.30. The van der Waals surface area contributed by atoms with E-state index < -0.39 is 18.0 Å². The van der Waals surface area contributed by atoms with Crippen molar-refractivity contribution >= 4 is 17.3 Å². The molecule has 1 atom stereocenters. The topological polar surface area (TPSA) is 45.1 Å². The summed E-state index contributed by atoms with van der Waals surface area (Å²) in [5, 5.41) is 0. The Kier molecular flexibility index (Phi) is 7.76. The molecule has 1 aliphatic carbocycles. The summed E-state index contributed by atoms with van der Waals surface area (Å²) in [6.07, 6.45) is -1.44. The van der Waals surface area contributed by atoms with Gasteiger partial charge in [-0.3, -0.25) is 14.7 Å². The number of nitrogens with zero attached hydrogens (tertiary/aromatic N) is 3. The van der Waals surface area contributed by atoms with Gasteiger partial charge in [0.15, 0.2) is 0 Å². The number of benzene rings is 1. The third-order valence-corrected chi connectivity index (χ3v) is 7.70. The van der Waals surface area contributed by atoms with Crippen LogP contribution >= 0.6 is 0 Å². The predicted molar refractivity (Wildman–Crippen MR) is 136 cm³/mol. The highest BCUT2D eigenvalue weighted by Crippen LogP contribution is 2.48. The van der Waals surface area contributed by atoms with Gasteiger partial charge in [0.05, 0.1) is 6.54 Å². The molecule has 1 saturated heterocycles. The number of likely N-dealkylation sites (tertiary alicyclic amines) is 1. The third-order valence-electron chi connectivity index (χ3n) is 7.70. The number of para-hydroxylation sites is 1. The monoisotopic (exact) mass is 503 g/mol. The van der Waals surface area contributed by atoms with E-state index in [4.69, 9.17) is 9.73 Å². The second-order valence-corrected chi connectivity index (χ2v) is 10.4. The minimum atomic E-state index is -4.17. The second kappa shape index (κ2) is 10.5. The Balaban J connectivity index is 1.56. The number of allylic oxidation sites excluding steroid dienone is 3. The van der Waals surface area contributed by atoms with Crippen molar-refractivity contribution in [2.24, 2.45) is 4.99 Å². The SMILES string of the molecule is C=C(CCCC(F)(F)F)C/C(CN1C(=O)C2(CN([C@H](C)OC)C2)c2ccccc21)=N\C1=C(C)CCC1. The van der Waals surface area contributed by atoms with Crippen LogP contribution in [0.1, 0.15) is 64.4 Å². The van der Waals surface area contributed by atoms with Crippen molar-refractivity contribution in [1.82, 2.24) is 4.90 Å². The van der Waals surface area contributed by atoms with Crippen LogP contribution < -0.4 is 4.90 Å². The molecule has 0 aromatic heterocycles. The van der Waals surface area contributed by atoms with E-state index >= 15 is 0 Å². The Morgan fingerprint density at radius 1 is 1.25 bits per heavy atom. The molecule has 0 N–H and O–H groups in total. The van der Waals surface area contributed by atoms with Crippen molar-refractivity contribution in [3.8, 4) is 0 Å². The van der Waals surface area contributed by atoms with Crippen LogP contribution in [0.15, 0.2) is 52.7 Å². The molecule has 36 heavy (non-hydrogen) atoms. The molecule has 1 amide bonds. The van der Waals surface area contributed by atoms with Gasteiger partial charge >= 0.3 is 6.18 Å². The van der Waals surface area contributed by atoms with Gasteiger partial charge in [-0.15, -0.1) is 0 Å². The van der Waals surface area contributed by atoms with Crippen molar-refractivity contribution in [2.75, 3.05) is 31.6 Å². The van der Waals surface area contributed by atoms with Crippen LogP contribution in [0.5, 0.6) is 0 Å². The first kappa shape index (κ1) is 26.6. The van der Waals surface area contributed by atoms with E-state index in [0.717, 1.165) is 41.9 Å². The molecular formula is C28H36F3N3O2. The number of rotatable bonds is 10. The quantitative estimate of drug-likeness (QED) is 0.284. The Morgan fingerprint density at radius 2 is 1.97 bits per heavy atom. The third kappa shape index (κ3) is 5.44. The van der Waals surface area contributed by atoms with Gasteiger partial charge in [-0.25, -0.2) is 0 Å². The molecule has 1 aromatic carbocycles. The summed E-state index contributed by atoms with van der Waals surface area (Å²) in [7, 11) is 1.66. The van der Waals surface area contributed by atoms with Crippen molar-refractivity contribution in [2.45, 2.75) is 76.6 Å². The number of alkyl halides is 3. The fraction of sp³-hybridized carbons (Fsp3) is 0.571. The van der Waals surface area contributed by atoms with Gasteiger partial charge in [0.2, 0.25) is 5.91 Å². The number of aliphatic imine (C=N–C) groups is 1. The number of halogens is 3. The molecule has 2 aliphatic heterocycles. The van der Waals surface area contributed by atoms with Gasteiger partial charge in [0.1, 0.15) is 11.6 Å².